The number of aryl methyl sites for hydroxylation is 2. The number of ether oxygens (including phenoxy) is 1. The van der Waals surface area contributed by atoms with Crippen LogP contribution in [0.3, 0.4) is 0 Å². The number of hydrogen-bond donors (Lipinski definition) is 1. The minimum Gasteiger partial charge on any atom is -0.374 e. The summed E-state index contributed by atoms with van der Waals surface area (Å²) in [5, 5.41) is 1.16. The van der Waals surface area contributed by atoms with Gasteiger partial charge in [-0.3, -0.25) is 0 Å². The van der Waals surface area contributed by atoms with E-state index in [-0.39, 0.29) is 11.6 Å². The first-order valence-corrected chi connectivity index (χ1v) is 8.71. The van der Waals surface area contributed by atoms with Crippen LogP contribution in [-0.2, 0) is 11.2 Å². The molecular formula is C16H28N2OS. The zero-order chi connectivity index (χ0) is 14.6. The van der Waals surface area contributed by atoms with E-state index in [1.54, 1.807) is 11.3 Å². The largest absolute Gasteiger partial charge is 0.374 e. The summed E-state index contributed by atoms with van der Waals surface area (Å²) in [6.07, 6.45) is 8.16. The molecule has 114 valence electrons. The van der Waals surface area contributed by atoms with E-state index in [1.165, 1.54) is 30.6 Å². The topological polar surface area (TPSA) is 48.1 Å². The molecule has 1 aliphatic carbocycles. The molecule has 20 heavy (non-hydrogen) atoms. The van der Waals surface area contributed by atoms with Crippen molar-refractivity contribution < 1.29 is 4.74 Å². The van der Waals surface area contributed by atoms with E-state index in [2.05, 4.69) is 25.8 Å². The van der Waals surface area contributed by atoms with Gasteiger partial charge in [0, 0.05) is 23.9 Å². The summed E-state index contributed by atoms with van der Waals surface area (Å²) in [6, 6.07) is 0.0606. The molecule has 1 aromatic rings. The van der Waals surface area contributed by atoms with Crippen molar-refractivity contribution in [2.24, 2.45) is 5.73 Å². The highest BCUT2D eigenvalue weighted by Gasteiger charge is 2.38. The van der Waals surface area contributed by atoms with Crippen molar-refractivity contribution in [3.05, 3.63) is 15.6 Å². The molecular weight excluding hydrogens is 268 g/mol. The minimum atomic E-state index is -0.126. The van der Waals surface area contributed by atoms with Crippen molar-refractivity contribution in [2.45, 2.75) is 77.4 Å². The van der Waals surface area contributed by atoms with E-state index in [0.717, 1.165) is 36.6 Å². The Morgan fingerprint density at radius 1 is 1.25 bits per heavy atom. The number of nitrogens with zero attached hydrogens (tertiary/aromatic N) is 1. The van der Waals surface area contributed by atoms with Gasteiger partial charge in [0.1, 0.15) is 0 Å². The number of hydrogen-bond acceptors (Lipinski definition) is 4. The van der Waals surface area contributed by atoms with Gasteiger partial charge in [-0.25, -0.2) is 4.98 Å². The summed E-state index contributed by atoms with van der Waals surface area (Å²) in [5.41, 5.74) is 7.59. The van der Waals surface area contributed by atoms with E-state index in [1.807, 2.05) is 0 Å². The van der Waals surface area contributed by atoms with Crippen molar-refractivity contribution in [1.29, 1.82) is 0 Å². The molecule has 1 unspecified atom stereocenters. The Morgan fingerprint density at radius 2 is 1.90 bits per heavy atom. The van der Waals surface area contributed by atoms with Crippen LogP contribution in [0.1, 0.15) is 61.0 Å². The summed E-state index contributed by atoms with van der Waals surface area (Å²) in [6.45, 7) is 7.04. The predicted molar refractivity (Wildman–Crippen MR) is 85.3 cm³/mol. The van der Waals surface area contributed by atoms with E-state index < -0.39 is 0 Å². The van der Waals surface area contributed by atoms with Gasteiger partial charge in [0.2, 0.25) is 0 Å². The van der Waals surface area contributed by atoms with E-state index in [0.29, 0.717) is 0 Å². The average Bonchev–Trinajstić information content (AvgIpc) is 2.63. The molecule has 1 heterocycles. The maximum atomic E-state index is 6.57. The first-order chi connectivity index (χ1) is 9.57. The smallest absolute Gasteiger partial charge is 0.0947 e. The molecule has 0 aromatic carbocycles. The van der Waals surface area contributed by atoms with Crippen LogP contribution in [0.25, 0.3) is 0 Å². The molecule has 1 fully saturated rings. The molecule has 1 atom stereocenters. The second kappa shape index (κ2) is 7.01. The molecule has 0 spiro atoms. The Kier molecular flexibility index (Phi) is 5.58. The molecule has 3 nitrogen and oxygen atoms in total. The standard InChI is InChI=1S/C16H28N2OS/c1-4-19-16(9-7-5-6-8-10-16)14(17)11-15-18-12(2)13(3)20-15/h14H,4-11,17H2,1-3H3. The average molecular weight is 296 g/mol. The SMILES string of the molecule is CCOC1(C(N)Cc2nc(C)c(C)s2)CCCCCC1. The van der Waals surface area contributed by atoms with Crippen molar-refractivity contribution in [3.63, 3.8) is 0 Å². The van der Waals surface area contributed by atoms with Crippen molar-refractivity contribution >= 4 is 11.3 Å². The molecule has 4 heteroatoms. The Bertz CT molecular complexity index is 403. The third-order valence-electron chi connectivity index (χ3n) is 4.52. The molecule has 0 radical (unpaired) electrons. The lowest BCUT2D eigenvalue weighted by molar-refractivity contribution is -0.0683. The van der Waals surface area contributed by atoms with Crippen LogP contribution in [0, 0.1) is 13.8 Å². The van der Waals surface area contributed by atoms with Crippen LogP contribution in [0.4, 0.5) is 0 Å². The fraction of sp³-hybridized carbons (Fsp3) is 0.812. The summed E-state index contributed by atoms with van der Waals surface area (Å²) in [7, 11) is 0. The molecule has 0 aliphatic heterocycles. The fourth-order valence-electron chi connectivity index (χ4n) is 3.24. The third-order valence-corrected chi connectivity index (χ3v) is 5.62. The highest BCUT2D eigenvalue weighted by Crippen LogP contribution is 2.34. The number of aromatic nitrogens is 1. The van der Waals surface area contributed by atoms with Gasteiger partial charge in [-0.2, -0.15) is 0 Å². The molecule has 2 N–H and O–H groups in total. The highest BCUT2D eigenvalue weighted by atomic mass is 32.1. The Hall–Kier alpha value is -0.450. The van der Waals surface area contributed by atoms with E-state index >= 15 is 0 Å². The Labute approximate surface area is 126 Å². The van der Waals surface area contributed by atoms with Gasteiger partial charge in [-0.05, 0) is 33.6 Å². The molecule has 0 amide bonds. The van der Waals surface area contributed by atoms with Crippen LogP contribution >= 0.6 is 11.3 Å². The Morgan fingerprint density at radius 3 is 2.40 bits per heavy atom. The van der Waals surface area contributed by atoms with Crippen LogP contribution in [0.2, 0.25) is 0 Å². The number of thiazole rings is 1. The lowest BCUT2D eigenvalue weighted by atomic mass is 9.85. The lowest BCUT2D eigenvalue weighted by Gasteiger charge is -2.38. The van der Waals surface area contributed by atoms with Gasteiger partial charge in [-0.15, -0.1) is 11.3 Å². The first-order valence-electron chi connectivity index (χ1n) is 7.90. The summed E-state index contributed by atoms with van der Waals surface area (Å²) in [4.78, 5) is 5.95. The van der Waals surface area contributed by atoms with Gasteiger partial charge >= 0.3 is 0 Å². The van der Waals surface area contributed by atoms with Crippen LogP contribution in [0.15, 0.2) is 0 Å². The summed E-state index contributed by atoms with van der Waals surface area (Å²) >= 11 is 1.78. The lowest BCUT2D eigenvalue weighted by Crippen LogP contribution is -2.51. The molecule has 1 aromatic heterocycles. The highest BCUT2D eigenvalue weighted by molar-refractivity contribution is 7.11. The fourth-order valence-corrected chi connectivity index (χ4v) is 4.23. The van der Waals surface area contributed by atoms with E-state index in [9.17, 15) is 0 Å². The van der Waals surface area contributed by atoms with Gasteiger partial charge < -0.3 is 10.5 Å². The van der Waals surface area contributed by atoms with Gasteiger partial charge in [0.25, 0.3) is 0 Å². The molecule has 0 saturated heterocycles. The maximum Gasteiger partial charge on any atom is 0.0947 e. The Balaban J connectivity index is 2.11. The van der Waals surface area contributed by atoms with Crippen molar-refractivity contribution in [2.75, 3.05) is 6.61 Å². The van der Waals surface area contributed by atoms with E-state index in [4.69, 9.17) is 10.5 Å². The molecule has 0 bridgehead atoms. The van der Waals surface area contributed by atoms with Crippen molar-refractivity contribution in [3.8, 4) is 0 Å². The normalized spacial score (nSPS) is 20.6. The quantitative estimate of drug-likeness (QED) is 0.842. The molecule has 1 saturated carbocycles. The summed E-state index contributed by atoms with van der Waals surface area (Å²) < 4.78 is 6.17. The van der Waals surface area contributed by atoms with Gasteiger partial charge in [-0.1, -0.05) is 25.7 Å². The summed E-state index contributed by atoms with van der Waals surface area (Å²) in [5.74, 6) is 0. The molecule has 2 rings (SSSR count). The minimum absolute atomic E-state index is 0.0606. The van der Waals surface area contributed by atoms with Crippen molar-refractivity contribution in [1.82, 2.24) is 4.98 Å². The van der Waals surface area contributed by atoms with Crippen LogP contribution in [0.5, 0.6) is 0 Å². The van der Waals surface area contributed by atoms with Crippen LogP contribution < -0.4 is 5.73 Å². The first kappa shape index (κ1) is 15.9. The molecule has 1 aliphatic rings. The zero-order valence-corrected chi connectivity index (χ0v) is 13.9. The number of nitrogens with two attached hydrogens (primary N) is 1. The van der Waals surface area contributed by atoms with Crippen LogP contribution in [-0.4, -0.2) is 23.2 Å². The second-order valence-electron chi connectivity index (χ2n) is 5.97. The van der Waals surface area contributed by atoms with Gasteiger partial charge in [0.05, 0.1) is 16.3 Å². The predicted octanol–water partition coefficient (Wildman–Crippen LogP) is 3.76. The number of rotatable bonds is 5. The maximum absolute atomic E-state index is 6.57. The second-order valence-corrected chi connectivity index (χ2v) is 7.26. The zero-order valence-electron chi connectivity index (χ0n) is 13.1. The van der Waals surface area contributed by atoms with Gasteiger partial charge in [0.15, 0.2) is 0 Å². The third kappa shape index (κ3) is 3.60. The monoisotopic (exact) mass is 296 g/mol.